The molecule has 3 amide bonds. The maximum absolute atomic E-state index is 14.4. The van der Waals surface area contributed by atoms with E-state index in [1.165, 1.54) is 16.3 Å². The van der Waals surface area contributed by atoms with E-state index in [2.05, 4.69) is 46.5 Å². The minimum Gasteiger partial charge on any atom is -0.497 e. The van der Waals surface area contributed by atoms with E-state index in [1.807, 2.05) is 60.8 Å². The smallest absolute Gasteiger partial charge is 0.325 e. The van der Waals surface area contributed by atoms with E-state index < -0.39 is 12.1 Å². The predicted molar refractivity (Wildman–Crippen MR) is 211 cm³/mol. The van der Waals surface area contributed by atoms with Crippen LogP contribution in [0.3, 0.4) is 0 Å². The van der Waals surface area contributed by atoms with Crippen LogP contribution in [0.25, 0.3) is 17.8 Å². The van der Waals surface area contributed by atoms with Gasteiger partial charge in [-0.25, -0.2) is 14.5 Å². The monoisotopic (exact) mass is 755 g/mol. The minimum atomic E-state index is -0.546. The Balaban J connectivity index is 1.33. The number of pyridine rings is 1. The summed E-state index contributed by atoms with van der Waals surface area (Å²) in [5.41, 5.74) is 9.00. The Labute approximate surface area is 319 Å². The average molecular weight is 756 g/mol. The van der Waals surface area contributed by atoms with Gasteiger partial charge >= 0.3 is 6.03 Å². The third kappa shape index (κ3) is 8.76. The van der Waals surface area contributed by atoms with Crippen LogP contribution in [-0.4, -0.2) is 98.1 Å². The average Bonchev–Trinajstić information content (AvgIpc) is 3.79. The zero-order valence-electron chi connectivity index (χ0n) is 31.7. The quantitative estimate of drug-likeness (QED) is 0.199. The van der Waals surface area contributed by atoms with Gasteiger partial charge in [-0.2, -0.15) is 0 Å². The topological polar surface area (TPSA) is 169 Å². The molecule has 4 aromatic rings. The molecule has 0 bridgehead atoms. The number of ether oxygens (including phenoxy) is 1. The molecule has 1 unspecified atom stereocenters. The number of nitrogens with two attached hydrogens (primary N) is 1. The second kappa shape index (κ2) is 16.4. The van der Waals surface area contributed by atoms with E-state index >= 15 is 0 Å². The molecular formula is C38H49N11O4S. The molecule has 0 aliphatic carbocycles. The lowest BCUT2D eigenvalue weighted by atomic mass is 9.81. The summed E-state index contributed by atoms with van der Waals surface area (Å²) in [5, 5.41) is 17.3. The van der Waals surface area contributed by atoms with Crippen molar-refractivity contribution in [2.45, 2.75) is 52.6 Å². The van der Waals surface area contributed by atoms with E-state index in [0.717, 1.165) is 41.8 Å². The summed E-state index contributed by atoms with van der Waals surface area (Å²) in [6, 6.07) is 10.4. The SMILES string of the molecule is COc1ccc(Cn2nnnc2/C=C/c2c(N3CCC(CC(=O)NCCN(C)C)CC3)nc3cc(C4C(C(C)(C)C)=CSN4C(N)=O)ccn3c2=O)cc1. The van der Waals surface area contributed by atoms with Gasteiger partial charge in [0.1, 0.15) is 17.2 Å². The molecule has 1 aromatic carbocycles. The highest BCUT2D eigenvalue weighted by atomic mass is 32.2. The van der Waals surface area contributed by atoms with Gasteiger partial charge in [0.25, 0.3) is 5.56 Å². The highest BCUT2D eigenvalue weighted by Crippen LogP contribution is 2.48. The minimum absolute atomic E-state index is 0.0552. The number of piperidine rings is 1. The molecule has 3 N–H and O–H groups in total. The zero-order valence-corrected chi connectivity index (χ0v) is 32.5. The second-order valence-corrected chi connectivity index (χ2v) is 15.8. The Morgan fingerprint density at radius 3 is 2.52 bits per heavy atom. The molecule has 16 heteroatoms. The van der Waals surface area contributed by atoms with Crippen LogP contribution in [0.1, 0.15) is 68.6 Å². The number of amides is 3. The summed E-state index contributed by atoms with van der Waals surface area (Å²) in [5.74, 6) is 2.04. The molecule has 0 saturated carbocycles. The van der Waals surface area contributed by atoms with Crippen molar-refractivity contribution in [3.05, 3.63) is 86.4 Å². The van der Waals surface area contributed by atoms with E-state index in [-0.39, 0.29) is 22.8 Å². The van der Waals surface area contributed by atoms with Crippen molar-refractivity contribution in [3.63, 3.8) is 0 Å². The molecule has 1 atom stereocenters. The van der Waals surface area contributed by atoms with Crippen molar-refractivity contribution in [2.75, 3.05) is 52.3 Å². The first-order valence-corrected chi connectivity index (χ1v) is 18.9. The van der Waals surface area contributed by atoms with Crippen molar-refractivity contribution in [1.82, 2.24) is 44.1 Å². The number of nitrogens with one attached hydrogen (secondary N) is 1. The Bertz CT molecular complexity index is 2090. The Morgan fingerprint density at radius 1 is 1.11 bits per heavy atom. The molecule has 5 heterocycles. The van der Waals surface area contributed by atoms with Crippen molar-refractivity contribution < 1.29 is 14.3 Å². The number of tetrazole rings is 1. The summed E-state index contributed by atoms with van der Waals surface area (Å²) in [7, 11) is 5.58. The standard InChI is InChI=1S/C38H49N11O4S/c1-38(2,3)30-24-54-49(37(39)52)34(30)27-15-19-47-32(22-27)41-35(46-17-13-25(14-18-46)21-33(50)40-16-20-45(4)5)29(36(47)51)11-12-31-42-43-44-48(31)23-26-7-9-28(53-6)10-8-26/h7-12,15,19,22,24-25,34H,13-14,16-18,20-21,23H2,1-6H3,(H2,39,52)(H,40,50)/b12-11+. The normalized spacial score (nSPS) is 16.8. The van der Waals surface area contributed by atoms with Crippen molar-refractivity contribution in [2.24, 2.45) is 17.1 Å². The molecule has 54 heavy (non-hydrogen) atoms. The Kier molecular flexibility index (Phi) is 11.7. The predicted octanol–water partition coefficient (Wildman–Crippen LogP) is 4.21. The summed E-state index contributed by atoms with van der Waals surface area (Å²) >= 11 is 1.28. The molecule has 2 aliphatic rings. The number of nitrogens with zero attached hydrogens (tertiary/aromatic N) is 9. The third-order valence-corrected chi connectivity index (χ3v) is 10.8. The van der Waals surface area contributed by atoms with Crippen LogP contribution in [0.5, 0.6) is 5.75 Å². The van der Waals surface area contributed by atoms with Gasteiger partial charge in [-0.1, -0.05) is 32.9 Å². The lowest BCUT2D eigenvalue weighted by Crippen LogP contribution is -2.38. The van der Waals surface area contributed by atoms with Gasteiger partial charge in [-0.15, -0.1) is 5.10 Å². The number of primary amides is 1. The fourth-order valence-corrected chi connectivity index (χ4v) is 7.94. The number of aromatic nitrogens is 6. The number of hydrogen-bond acceptors (Lipinski definition) is 11. The number of hydrogen-bond donors (Lipinski definition) is 2. The molecule has 2 aliphatic heterocycles. The maximum Gasteiger partial charge on any atom is 0.325 e. The molecule has 6 rings (SSSR count). The highest BCUT2D eigenvalue weighted by molar-refractivity contribution is 8.00. The number of carbonyl (C=O) groups excluding carboxylic acids is 2. The summed E-state index contributed by atoms with van der Waals surface area (Å²) < 4.78 is 10.0. The number of methoxy groups -OCH3 is 1. The number of urea groups is 1. The number of benzene rings is 1. The first kappa shape index (κ1) is 38.5. The summed E-state index contributed by atoms with van der Waals surface area (Å²) in [4.78, 5) is 48.9. The van der Waals surface area contributed by atoms with Crippen LogP contribution in [0.15, 0.2) is 58.4 Å². The molecular weight excluding hydrogens is 707 g/mol. The molecule has 0 spiro atoms. The lowest BCUT2D eigenvalue weighted by molar-refractivity contribution is -0.122. The van der Waals surface area contributed by atoms with Crippen LogP contribution in [0.2, 0.25) is 0 Å². The van der Waals surface area contributed by atoms with Crippen LogP contribution in [0.4, 0.5) is 10.6 Å². The largest absolute Gasteiger partial charge is 0.497 e. The lowest BCUT2D eigenvalue weighted by Gasteiger charge is -2.33. The molecule has 1 fully saturated rings. The van der Waals surface area contributed by atoms with Crippen molar-refractivity contribution >= 4 is 47.5 Å². The van der Waals surface area contributed by atoms with Crippen LogP contribution < -0.4 is 26.2 Å². The number of rotatable bonds is 12. The molecule has 15 nitrogen and oxygen atoms in total. The maximum atomic E-state index is 14.4. The van der Waals surface area contributed by atoms with Gasteiger partial charge < -0.3 is 25.6 Å². The molecule has 286 valence electrons. The number of carbonyl (C=O) groups is 2. The van der Waals surface area contributed by atoms with E-state index in [4.69, 9.17) is 15.5 Å². The van der Waals surface area contributed by atoms with E-state index in [0.29, 0.717) is 55.5 Å². The molecule has 0 radical (unpaired) electrons. The number of fused-ring (bicyclic) bond motifs is 1. The van der Waals surface area contributed by atoms with Gasteiger partial charge in [0.2, 0.25) is 5.91 Å². The fourth-order valence-electron chi connectivity index (χ4n) is 6.77. The first-order chi connectivity index (χ1) is 25.8. The Morgan fingerprint density at radius 2 is 1.85 bits per heavy atom. The third-order valence-electron chi connectivity index (χ3n) is 9.81. The first-order valence-electron chi connectivity index (χ1n) is 18.1. The van der Waals surface area contributed by atoms with Gasteiger partial charge in [-0.05, 0) is 119 Å². The van der Waals surface area contributed by atoms with Crippen molar-refractivity contribution in [1.29, 1.82) is 0 Å². The highest BCUT2D eigenvalue weighted by Gasteiger charge is 2.38. The van der Waals surface area contributed by atoms with Crippen LogP contribution >= 0.6 is 11.9 Å². The summed E-state index contributed by atoms with van der Waals surface area (Å²) in [6.45, 7) is 9.36. The zero-order chi connectivity index (χ0) is 38.6. The van der Waals surface area contributed by atoms with Crippen LogP contribution in [-0.2, 0) is 11.3 Å². The number of likely N-dealkylation sites (N-methyl/N-ethyl adjacent to an activating group) is 1. The van der Waals surface area contributed by atoms with Crippen molar-refractivity contribution in [3.8, 4) is 5.75 Å². The molecule has 3 aromatic heterocycles. The second-order valence-electron chi connectivity index (χ2n) is 15.0. The van der Waals surface area contributed by atoms with Crippen LogP contribution in [0, 0.1) is 11.3 Å². The van der Waals surface area contributed by atoms with E-state index in [1.54, 1.807) is 34.4 Å². The summed E-state index contributed by atoms with van der Waals surface area (Å²) in [6.07, 6.45) is 7.18. The van der Waals surface area contributed by atoms with Gasteiger partial charge in [0, 0.05) is 38.8 Å². The fraction of sp³-hybridized carbons (Fsp3) is 0.447. The van der Waals surface area contributed by atoms with Gasteiger partial charge in [0.05, 0.1) is 25.3 Å². The van der Waals surface area contributed by atoms with Gasteiger partial charge in [0.15, 0.2) is 5.82 Å². The van der Waals surface area contributed by atoms with Gasteiger partial charge in [-0.3, -0.25) is 18.3 Å². The van der Waals surface area contributed by atoms with E-state index in [9.17, 15) is 14.4 Å². The Hall–Kier alpha value is -5.22. The number of anilines is 1. The molecule has 1 saturated heterocycles.